The van der Waals surface area contributed by atoms with Crippen LogP contribution in [0, 0.1) is 0 Å². The highest BCUT2D eigenvalue weighted by Crippen LogP contribution is 2.41. The second kappa shape index (κ2) is 5.98. The fraction of sp³-hybridized carbons (Fsp3) is 0.316. The van der Waals surface area contributed by atoms with Crippen molar-refractivity contribution in [1.82, 2.24) is 4.98 Å². The van der Waals surface area contributed by atoms with E-state index in [1.807, 2.05) is 30.3 Å². The Balaban J connectivity index is 1.36. The van der Waals surface area contributed by atoms with Gasteiger partial charge in [0.25, 0.3) is 0 Å². The van der Waals surface area contributed by atoms with Crippen molar-refractivity contribution in [3.8, 4) is 11.5 Å². The van der Waals surface area contributed by atoms with E-state index in [-0.39, 0.29) is 5.60 Å². The number of fused-ring (bicyclic) bond motifs is 2. The maximum Gasteiger partial charge on any atom is 0.183 e. The molecule has 0 spiro atoms. The number of ether oxygens (including phenoxy) is 2. The fourth-order valence-electron chi connectivity index (χ4n) is 2.97. The molecule has 0 atom stereocenters. The van der Waals surface area contributed by atoms with Crippen LogP contribution < -0.4 is 14.8 Å². The predicted molar refractivity (Wildman–Crippen MR) is 98.5 cm³/mol. The summed E-state index contributed by atoms with van der Waals surface area (Å²) in [4.78, 5) is 4.56. The zero-order valence-electron chi connectivity index (χ0n) is 13.8. The molecule has 0 aliphatic carbocycles. The first-order valence-electron chi connectivity index (χ1n) is 8.14. The molecule has 24 heavy (non-hydrogen) atoms. The highest BCUT2D eigenvalue weighted by molar-refractivity contribution is 7.22. The SMILES string of the molecule is CC1(C)Cc2cccc(OCCNc3nc4ccccc4s3)c2O1. The summed E-state index contributed by atoms with van der Waals surface area (Å²) in [5.74, 6) is 1.71. The summed E-state index contributed by atoms with van der Waals surface area (Å²) < 4.78 is 13.1. The molecule has 1 aliphatic rings. The second-order valence-electron chi connectivity index (χ2n) is 6.54. The Hall–Kier alpha value is -2.27. The molecule has 0 unspecified atom stereocenters. The molecular weight excluding hydrogens is 320 g/mol. The lowest BCUT2D eigenvalue weighted by molar-refractivity contribution is 0.132. The van der Waals surface area contributed by atoms with Crippen molar-refractivity contribution in [3.05, 3.63) is 48.0 Å². The van der Waals surface area contributed by atoms with Crippen LogP contribution in [0.2, 0.25) is 0 Å². The monoisotopic (exact) mass is 340 g/mol. The summed E-state index contributed by atoms with van der Waals surface area (Å²) in [6.07, 6.45) is 0.920. The molecular formula is C19H20N2O2S. The van der Waals surface area contributed by atoms with Crippen molar-refractivity contribution in [2.75, 3.05) is 18.5 Å². The van der Waals surface area contributed by atoms with Crippen LogP contribution in [0.3, 0.4) is 0 Å². The highest BCUT2D eigenvalue weighted by Gasteiger charge is 2.32. The average Bonchev–Trinajstić information content (AvgIpc) is 3.10. The molecule has 2 heterocycles. The number of hydrogen-bond acceptors (Lipinski definition) is 5. The van der Waals surface area contributed by atoms with Crippen LogP contribution in [0.5, 0.6) is 11.5 Å². The van der Waals surface area contributed by atoms with Crippen LogP contribution in [-0.2, 0) is 6.42 Å². The number of hydrogen-bond donors (Lipinski definition) is 1. The molecule has 1 aliphatic heterocycles. The van der Waals surface area contributed by atoms with Gasteiger partial charge in [-0.15, -0.1) is 0 Å². The first-order valence-corrected chi connectivity index (χ1v) is 8.96. The molecule has 0 radical (unpaired) electrons. The zero-order chi connectivity index (χ0) is 16.6. The van der Waals surface area contributed by atoms with Gasteiger partial charge in [-0.05, 0) is 32.0 Å². The van der Waals surface area contributed by atoms with Gasteiger partial charge in [-0.25, -0.2) is 4.98 Å². The summed E-state index contributed by atoms with van der Waals surface area (Å²) in [6.45, 7) is 5.47. The molecule has 0 fully saturated rings. The molecule has 5 heteroatoms. The molecule has 4 nitrogen and oxygen atoms in total. The van der Waals surface area contributed by atoms with Crippen LogP contribution in [0.4, 0.5) is 5.13 Å². The summed E-state index contributed by atoms with van der Waals surface area (Å²) in [5, 5.41) is 4.26. The molecule has 0 bridgehead atoms. The van der Waals surface area contributed by atoms with Crippen LogP contribution in [-0.4, -0.2) is 23.7 Å². The Labute approximate surface area is 145 Å². The van der Waals surface area contributed by atoms with Gasteiger partial charge in [0, 0.05) is 12.0 Å². The van der Waals surface area contributed by atoms with E-state index in [2.05, 4.69) is 36.3 Å². The maximum absolute atomic E-state index is 6.02. The minimum absolute atomic E-state index is 0.152. The molecule has 3 aromatic rings. The molecule has 0 amide bonds. The lowest BCUT2D eigenvalue weighted by atomic mass is 10.0. The van der Waals surface area contributed by atoms with Crippen molar-refractivity contribution in [2.45, 2.75) is 25.9 Å². The quantitative estimate of drug-likeness (QED) is 0.695. The third-order valence-corrected chi connectivity index (χ3v) is 4.98. The fourth-order valence-corrected chi connectivity index (χ4v) is 3.86. The molecule has 0 saturated carbocycles. The largest absolute Gasteiger partial charge is 0.488 e. The van der Waals surface area contributed by atoms with Crippen molar-refractivity contribution < 1.29 is 9.47 Å². The van der Waals surface area contributed by atoms with Crippen molar-refractivity contribution in [1.29, 1.82) is 0 Å². The van der Waals surface area contributed by atoms with Gasteiger partial charge in [-0.2, -0.15) is 0 Å². The first-order chi connectivity index (χ1) is 11.6. The minimum Gasteiger partial charge on any atom is -0.488 e. The Morgan fingerprint density at radius 1 is 1.21 bits per heavy atom. The van der Waals surface area contributed by atoms with E-state index < -0.39 is 0 Å². The van der Waals surface area contributed by atoms with Crippen LogP contribution in [0.1, 0.15) is 19.4 Å². The van der Waals surface area contributed by atoms with Crippen LogP contribution in [0.15, 0.2) is 42.5 Å². The predicted octanol–water partition coefficient (Wildman–Crippen LogP) is 4.50. The Kier molecular flexibility index (Phi) is 3.81. The number of anilines is 1. The van der Waals surface area contributed by atoms with Crippen molar-refractivity contribution in [3.63, 3.8) is 0 Å². The van der Waals surface area contributed by atoms with Crippen LogP contribution in [0.25, 0.3) is 10.2 Å². The summed E-state index contributed by atoms with van der Waals surface area (Å²) >= 11 is 1.66. The Bertz CT molecular complexity index is 840. The number of nitrogens with zero attached hydrogens (tertiary/aromatic N) is 1. The van der Waals surface area contributed by atoms with E-state index in [1.54, 1.807) is 11.3 Å². The molecule has 1 aromatic heterocycles. The average molecular weight is 340 g/mol. The number of thiazole rings is 1. The van der Waals surface area contributed by atoms with E-state index in [9.17, 15) is 0 Å². The number of para-hydroxylation sites is 2. The summed E-state index contributed by atoms with van der Waals surface area (Å²) in [6, 6.07) is 14.3. The van der Waals surface area contributed by atoms with Gasteiger partial charge in [0.15, 0.2) is 16.6 Å². The number of nitrogens with one attached hydrogen (secondary N) is 1. The van der Waals surface area contributed by atoms with E-state index in [1.165, 1.54) is 10.3 Å². The third kappa shape index (κ3) is 3.04. The van der Waals surface area contributed by atoms with E-state index in [4.69, 9.17) is 9.47 Å². The van der Waals surface area contributed by atoms with Gasteiger partial charge >= 0.3 is 0 Å². The number of benzene rings is 2. The van der Waals surface area contributed by atoms with Gasteiger partial charge in [-0.1, -0.05) is 35.6 Å². The van der Waals surface area contributed by atoms with Gasteiger partial charge in [0.2, 0.25) is 0 Å². The topological polar surface area (TPSA) is 43.4 Å². The zero-order valence-corrected chi connectivity index (χ0v) is 14.7. The molecule has 124 valence electrons. The molecule has 0 saturated heterocycles. The Morgan fingerprint density at radius 3 is 2.96 bits per heavy atom. The third-order valence-electron chi connectivity index (χ3n) is 3.98. The van der Waals surface area contributed by atoms with Gasteiger partial charge in [0.05, 0.1) is 16.8 Å². The molecule has 2 aromatic carbocycles. The summed E-state index contributed by atoms with van der Waals surface area (Å²) in [5.41, 5.74) is 2.10. The van der Waals surface area contributed by atoms with Crippen molar-refractivity contribution >= 4 is 26.7 Å². The van der Waals surface area contributed by atoms with Gasteiger partial charge in [-0.3, -0.25) is 0 Å². The molecule has 4 rings (SSSR count). The lowest BCUT2D eigenvalue weighted by Gasteiger charge is -2.18. The van der Waals surface area contributed by atoms with E-state index >= 15 is 0 Å². The van der Waals surface area contributed by atoms with E-state index in [0.717, 1.165) is 28.6 Å². The standard InChI is InChI=1S/C19H20N2O2S/c1-19(2)12-13-6-5-8-15(17(13)23-19)22-11-10-20-18-21-14-7-3-4-9-16(14)24-18/h3-9H,10-12H2,1-2H3,(H,20,21). The smallest absolute Gasteiger partial charge is 0.183 e. The summed E-state index contributed by atoms with van der Waals surface area (Å²) in [7, 11) is 0. The minimum atomic E-state index is -0.152. The van der Waals surface area contributed by atoms with Gasteiger partial charge < -0.3 is 14.8 Å². The first kappa shape index (κ1) is 15.3. The maximum atomic E-state index is 6.02. The number of aromatic nitrogens is 1. The Morgan fingerprint density at radius 2 is 2.08 bits per heavy atom. The van der Waals surface area contributed by atoms with Crippen molar-refractivity contribution in [2.24, 2.45) is 0 Å². The second-order valence-corrected chi connectivity index (χ2v) is 7.58. The lowest BCUT2D eigenvalue weighted by Crippen LogP contribution is -2.24. The molecule has 1 N–H and O–H groups in total. The van der Waals surface area contributed by atoms with Gasteiger partial charge in [0.1, 0.15) is 12.2 Å². The highest BCUT2D eigenvalue weighted by atomic mass is 32.1. The van der Waals surface area contributed by atoms with Crippen LogP contribution >= 0.6 is 11.3 Å². The normalized spacial score (nSPS) is 15.1. The van der Waals surface area contributed by atoms with E-state index in [0.29, 0.717) is 13.2 Å². The number of rotatable bonds is 5.